The van der Waals surface area contributed by atoms with E-state index in [4.69, 9.17) is 23.2 Å². The molecular weight excluding hydrogens is 846 g/mol. The molecule has 1 aliphatic rings. The van der Waals surface area contributed by atoms with Gasteiger partial charge in [-0.05, 0) is 10.8 Å². The van der Waals surface area contributed by atoms with Crippen molar-refractivity contribution in [3.8, 4) is 22.3 Å². The Balaban J connectivity index is 0.000000167. The molecule has 0 unspecified atom stereocenters. The molecule has 9 aromatic rings. The Morgan fingerprint density at radius 1 is 0.482 bits per heavy atom. The molecule has 56 heavy (non-hydrogen) atoms. The normalized spacial score (nSPS) is 11.4. The molecule has 0 amide bonds. The van der Waals surface area contributed by atoms with Crippen LogP contribution in [0.15, 0.2) is 194 Å². The van der Waals surface area contributed by atoms with Gasteiger partial charge < -0.3 is 24.8 Å². The summed E-state index contributed by atoms with van der Waals surface area (Å²) in [7, 11) is 0. The van der Waals surface area contributed by atoms with Crippen molar-refractivity contribution in [2.45, 2.75) is 6.42 Å². The first kappa shape index (κ1) is 41.2. The monoisotopic (exact) mass is 876 g/mol. The number of hydrogen-bond donors (Lipinski definition) is 0. The van der Waals surface area contributed by atoms with Gasteiger partial charge in [0, 0.05) is 0 Å². The van der Waals surface area contributed by atoms with Gasteiger partial charge in [-0.25, -0.2) is 12.2 Å². The summed E-state index contributed by atoms with van der Waals surface area (Å²) in [6.07, 6.45) is 10.0. The van der Waals surface area contributed by atoms with Gasteiger partial charge >= 0.3 is 191 Å². The minimum atomic E-state index is 0. The van der Waals surface area contributed by atoms with Crippen LogP contribution in [0.25, 0.3) is 65.3 Å². The molecule has 0 bridgehead atoms. The van der Waals surface area contributed by atoms with E-state index in [1.807, 2.05) is 36.4 Å². The van der Waals surface area contributed by atoms with Crippen LogP contribution in [0.3, 0.4) is 0 Å². The Morgan fingerprint density at radius 3 is 1.34 bits per heavy atom. The zero-order valence-corrected chi connectivity index (χ0v) is 35.7. The SMILES string of the molecule is Clc1ccc(-c2ccc([C](=[Zr+2])c3ccc(-c4ccc(Cl)cc4)cc3)cc2)cc1.[C-]1=CC=CC1.[Cl-].[Cl-].c1ccc2c(c1)[cH-]c1c3ccccc3c3ccccc3c21. The summed E-state index contributed by atoms with van der Waals surface area (Å²) in [5.74, 6) is 0. The van der Waals surface area contributed by atoms with Crippen LogP contribution in [0.2, 0.25) is 10.0 Å². The van der Waals surface area contributed by atoms with Crippen LogP contribution in [-0.2, 0) is 24.2 Å². The second-order valence-corrected chi connectivity index (χ2v) is 15.3. The summed E-state index contributed by atoms with van der Waals surface area (Å²) in [6, 6.07) is 61.9. The third-order valence-corrected chi connectivity index (χ3v) is 11.7. The van der Waals surface area contributed by atoms with E-state index in [0.29, 0.717) is 0 Å². The number of benzene rings is 8. The molecule has 5 heteroatoms. The molecule has 0 heterocycles. The Kier molecular flexibility index (Phi) is 14.1. The fraction of sp³-hybridized carbons (Fsp3) is 0.0196. The zero-order valence-electron chi connectivity index (χ0n) is 30.2. The fourth-order valence-corrected chi connectivity index (χ4v) is 8.14. The molecule has 1 aliphatic carbocycles. The van der Waals surface area contributed by atoms with Crippen LogP contribution in [0.4, 0.5) is 0 Å². The first-order valence-electron chi connectivity index (χ1n) is 17.9. The number of rotatable bonds is 4. The average molecular weight is 880 g/mol. The Bertz CT molecular complexity index is 2690. The first-order chi connectivity index (χ1) is 26.5. The van der Waals surface area contributed by atoms with Gasteiger partial charge in [0.2, 0.25) is 0 Å². The third kappa shape index (κ3) is 9.06. The van der Waals surface area contributed by atoms with E-state index < -0.39 is 0 Å². The summed E-state index contributed by atoms with van der Waals surface area (Å²) >= 11 is 13.4. The van der Waals surface area contributed by atoms with Crippen LogP contribution in [-0.4, -0.2) is 3.21 Å². The molecule has 0 aromatic heterocycles. The van der Waals surface area contributed by atoms with E-state index in [-0.39, 0.29) is 24.8 Å². The quantitative estimate of drug-likeness (QED) is 0.123. The van der Waals surface area contributed by atoms with Crippen molar-refractivity contribution in [2.75, 3.05) is 0 Å². The molecular formula is C51H34Cl4Zr-2. The molecule has 0 spiro atoms. The summed E-state index contributed by atoms with van der Waals surface area (Å²) in [6.45, 7) is 0. The van der Waals surface area contributed by atoms with Gasteiger partial charge in [-0.1, -0.05) is 77.5 Å². The summed E-state index contributed by atoms with van der Waals surface area (Å²) < 4.78 is 1.34. The van der Waals surface area contributed by atoms with E-state index in [9.17, 15) is 0 Å². The minimum Gasteiger partial charge on any atom is -1.00 e. The molecule has 0 saturated heterocycles. The Morgan fingerprint density at radius 2 is 0.893 bits per heavy atom. The third-order valence-electron chi connectivity index (χ3n) is 9.79. The van der Waals surface area contributed by atoms with Crippen molar-refractivity contribution < 1.29 is 49.0 Å². The average Bonchev–Trinajstić information content (AvgIpc) is 3.95. The molecule has 0 atom stereocenters. The van der Waals surface area contributed by atoms with Gasteiger partial charge in [0.25, 0.3) is 0 Å². The first-order valence-corrected chi connectivity index (χ1v) is 19.9. The Hall–Kier alpha value is -4.46. The van der Waals surface area contributed by atoms with Gasteiger partial charge in [-0.15, -0.1) is 40.1 Å². The minimum absolute atomic E-state index is 0. The van der Waals surface area contributed by atoms with Crippen molar-refractivity contribution in [1.29, 1.82) is 0 Å². The van der Waals surface area contributed by atoms with Gasteiger partial charge in [0.1, 0.15) is 0 Å². The van der Waals surface area contributed by atoms with Crippen molar-refractivity contribution in [2.24, 2.45) is 0 Å². The zero-order chi connectivity index (χ0) is 36.9. The molecule has 0 N–H and O–H groups in total. The standard InChI is InChI=1S/C25H16Cl2.C21H13.C5H5.2ClH.Zr/c26-24-13-9-22(10-14-24)20-5-1-18(2-6-20)17-19-3-7-21(8-4-19)23-11-15-25(27)16-12-23;1-2-8-15-14(7-1)13-20-18-11-4-3-9-16(18)17-10-5-6-12-19(17)21(15)20;1-2-4-5-3-1;;;/h1-16H;1-13H;1-3H,4H2;2*1H;/q;2*-1;;;+2/p-2. The number of halogens is 4. The van der Waals surface area contributed by atoms with Gasteiger partial charge in [-0.2, -0.15) is 6.08 Å². The van der Waals surface area contributed by atoms with Crippen LogP contribution in [0.1, 0.15) is 17.5 Å². The molecule has 0 nitrogen and oxygen atoms in total. The smallest absolute Gasteiger partial charge is 0.0255 e. The Labute approximate surface area is 365 Å². The molecule has 0 aliphatic heterocycles. The van der Waals surface area contributed by atoms with E-state index in [0.717, 1.165) is 16.5 Å². The molecule has 10 rings (SSSR count). The van der Waals surface area contributed by atoms with Crippen molar-refractivity contribution >= 4 is 69.5 Å². The van der Waals surface area contributed by atoms with E-state index in [2.05, 4.69) is 164 Å². The molecule has 0 radical (unpaired) electrons. The van der Waals surface area contributed by atoms with E-state index in [1.54, 1.807) is 0 Å². The predicted octanol–water partition coefficient (Wildman–Crippen LogP) is 8.77. The molecule has 9 aromatic carbocycles. The van der Waals surface area contributed by atoms with Crippen molar-refractivity contribution in [1.82, 2.24) is 0 Å². The summed E-state index contributed by atoms with van der Waals surface area (Å²) in [5, 5.41) is 12.3. The maximum absolute atomic E-state index is 5.98. The fourth-order valence-electron chi connectivity index (χ4n) is 7.06. The molecule has 0 saturated carbocycles. The summed E-state index contributed by atoms with van der Waals surface area (Å²) in [5.41, 5.74) is 7.26. The predicted molar refractivity (Wildman–Crippen MR) is 231 cm³/mol. The van der Waals surface area contributed by atoms with E-state index >= 15 is 0 Å². The van der Waals surface area contributed by atoms with Crippen molar-refractivity contribution in [3.05, 3.63) is 221 Å². The van der Waals surface area contributed by atoms with Crippen LogP contribution in [0, 0.1) is 6.08 Å². The van der Waals surface area contributed by atoms with Gasteiger partial charge in [0.15, 0.2) is 0 Å². The molecule has 272 valence electrons. The maximum atomic E-state index is 5.98. The molecule has 0 fully saturated rings. The second kappa shape index (κ2) is 19.1. The van der Waals surface area contributed by atoms with Crippen LogP contribution >= 0.6 is 23.2 Å². The van der Waals surface area contributed by atoms with Crippen LogP contribution < -0.4 is 24.8 Å². The van der Waals surface area contributed by atoms with Gasteiger partial charge in [-0.3, -0.25) is 6.08 Å². The van der Waals surface area contributed by atoms with Gasteiger partial charge in [0.05, 0.1) is 0 Å². The van der Waals surface area contributed by atoms with Crippen LogP contribution in [0.5, 0.6) is 0 Å². The number of hydrogen-bond acceptors (Lipinski definition) is 0. The second-order valence-electron chi connectivity index (χ2n) is 13.2. The number of fused-ring (bicyclic) bond motifs is 8. The topological polar surface area (TPSA) is 0 Å². The summed E-state index contributed by atoms with van der Waals surface area (Å²) in [4.78, 5) is 0. The number of allylic oxidation sites excluding steroid dienone is 4. The largest absolute Gasteiger partial charge is 1.00 e. The van der Waals surface area contributed by atoms with E-state index in [1.165, 1.54) is 104 Å². The van der Waals surface area contributed by atoms with Crippen molar-refractivity contribution in [3.63, 3.8) is 0 Å². The maximum Gasteiger partial charge on any atom is -0.0255 e.